The van der Waals surface area contributed by atoms with Crippen LogP contribution in [0.15, 0.2) is 23.1 Å². The molecule has 2 aromatic rings. The van der Waals surface area contributed by atoms with E-state index in [1.807, 2.05) is 26.8 Å². The van der Waals surface area contributed by atoms with Gasteiger partial charge >= 0.3 is 0 Å². The molecule has 1 aromatic carbocycles. The number of amides is 1. The number of thiazole rings is 1. The van der Waals surface area contributed by atoms with E-state index in [-0.39, 0.29) is 40.6 Å². The standard InChI is InChI=1S/C28H39F2N3O4S2/c1-26(2,3)20-14-18(7-8-22(20)39(35,36)33-27(4,5)6)23-21(13-17-15-28(29,30)16-17)32-25(38-23)24(34)31-19-9-11-37-12-10-19/h7-8,14,17,19,33H,9-13,15-16H2,1-6H3,(H,31,34). The average Bonchev–Trinajstić information content (AvgIpc) is 3.20. The van der Waals surface area contributed by atoms with Gasteiger partial charge in [0.25, 0.3) is 5.91 Å². The Bertz CT molecular complexity index is 1310. The van der Waals surface area contributed by atoms with Crippen molar-refractivity contribution in [2.24, 2.45) is 5.92 Å². The Morgan fingerprint density at radius 3 is 2.33 bits per heavy atom. The third kappa shape index (κ3) is 7.42. The highest BCUT2D eigenvalue weighted by atomic mass is 32.2. The van der Waals surface area contributed by atoms with Crippen molar-refractivity contribution in [1.82, 2.24) is 15.0 Å². The van der Waals surface area contributed by atoms with Gasteiger partial charge < -0.3 is 10.1 Å². The summed E-state index contributed by atoms with van der Waals surface area (Å²) in [5, 5.41) is 3.31. The smallest absolute Gasteiger partial charge is 0.280 e. The molecule has 1 saturated carbocycles. The zero-order chi connectivity index (χ0) is 28.8. The minimum absolute atomic E-state index is 0.000302. The number of carbonyl (C=O) groups excluding carboxylic acids is 1. The molecule has 1 aliphatic carbocycles. The number of nitrogens with one attached hydrogen (secondary N) is 2. The Morgan fingerprint density at radius 1 is 1.13 bits per heavy atom. The third-order valence-corrected chi connectivity index (χ3v) is 9.85. The van der Waals surface area contributed by atoms with Crippen LogP contribution in [0, 0.1) is 5.92 Å². The molecule has 0 radical (unpaired) electrons. The summed E-state index contributed by atoms with van der Waals surface area (Å²) in [6, 6.07) is 5.15. The van der Waals surface area contributed by atoms with Gasteiger partial charge in [0, 0.05) is 37.6 Å². The molecule has 1 amide bonds. The van der Waals surface area contributed by atoms with E-state index >= 15 is 0 Å². The lowest BCUT2D eigenvalue weighted by Crippen LogP contribution is -2.41. The number of alkyl halides is 2. The zero-order valence-electron chi connectivity index (χ0n) is 23.5. The van der Waals surface area contributed by atoms with E-state index in [1.54, 1.807) is 32.9 Å². The molecule has 39 heavy (non-hydrogen) atoms. The Morgan fingerprint density at radius 2 is 1.77 bits per heavy atom. The Hall–Kier alpha value is -1.95. The largest absolute Gasteiger partial charge is 0.381 e. The molecule has 11 heteroatoms. The fourth-order valence-corrected chi connectivity index (χ4v) is 7.86. The third-order valence-electron chi connectivity index (χ3n) is 6.88. The van der Waals surface area contributed by atoms with Crippen LogP contribution in [0.3, 0.4) is 0 Å². The van der Waals surface area contributed by atoms with Crippen LogP contribution in [0.1, 0.15) is 88.3 Å². The summed E-state index contributed by atoms with van der Waals surface area (Å²) < 4.78 is 62.0. The van der Waals surface area contributed by atoms with E-state index in [0.29, 0.717) is 35.8 Å². The predicted molar refractivity (Wildman–Crippen MR) is 149 cm³/mol. The lowest BCUT2D eigenvalue weighted by Gasteiger charge is -2.34. The second kappa shape index (κ2) is 10.8. The molecule has 0 unspecified atom stereocenters. The van der Waals surface area contributed by atoms with Crippen LogP contribution in [-0.2, 0) is 26.6 Å². The first-order valence-corrected chi connectivity index (χ1v) is 15.7. The monoisotopic (exact) mass is 583 g/mol. The summed E-state index contributed by atoms with van der Waals surface area (Å²) in [4.78, 5) is 18.6. The van der Waals surface area contributed by atoms with E-state index < -0.39 is 26.9 Å². The normalized spacial score (nSPS) is 19.1. The zero-order valence-corrected chi connectivity index (χ0v) is 25.1. The van der Waals surface area contributed by atoms with Crippen LogP contribution < -0.4 is 10.0 Å². The summed E-state index contributed by atoms with van der Waals surface area (Å²) in [7, 11) is -3.81. The van der Waals surface area contributed by atoms with E-state index in [9.17, 15) is 22.0 Å². The van der Waals surface area contributed by atoms with Crippen LogP contribution in [0.5, 0.6) is 0 Å². The molecule has 0 bridgehead atoms. The number of nitrogens with zero attached hydrogens (tertiary/aromatic N) is 1. The van der Waals surface area contributed by atoms with E-state index in [4.69, 9.17) is 4.74 Å². The molecule has 4 rings (SSSR count). The van der Waals surface area contributed by atoms with Crippen molar-refractivity contribution in [1.29, 1.82) is 0 Å². The molecule has 1 saturated heterocycles. The topological polar surface area (TPSA) is 97.4 Å². The lowest BCUT2D eigenvalue weighted by molar-refractivity contribution is -0.109. The predicted octanol–water partition coefficient (Wildman–Crippen LogP) is 5.68. The summed E-state index contributed by atoms with van der Waals surface area (Å²) in [6.45, 7) is 12.4. The van der Waals surface area contributed by atoms with Gasteiger partial charge in [-0.1, -0.05) is 26.8 Å². The van der Waals surface area contributed by atoms with E-state index in [2.05, 4.69) is 15.0 Å². The van der Waals surface area contributed by atoms with Crippen molar-refractivity contribution >= 4 is 27.3 Å². The van der Waals surface area contributed by atoms with Crippen molar-refractivity contribution in [2.75, 3.05) is 13.2 Å². The minimum atomic E-state index is -3.81. The highest BCUT2D eigenvalue weighted by Gasteiger charge is 2.45. The quantitative estimate of drug-likeness (QED) is 0.437. The van der Waals surface area contributed by atoms with Crippen molar-refractivity contribution in [3.63, 3.8) is 0 Å². The maximum absolute atomic E-state index is 13.6. The number of sulfonamides is 1. The van der Waals surface area contributed by atoms with Gasteiger partial charge in [0.2, 0.25) is 15.9 Å². The Kier molecular flexibility index (Phi) is 8.31. The fourth-order valence-electron chi connectivity index (χ4n) is 5.05. The van der Waals surface area contributed by atoms with Gasteiger partial charge in [0.15, 0.2) is 5.01 Å². The average molecular weight is 584 g/mol. The van der Waals surface area contributed by atoms with E-state index in [1.165, 1.54) is 11.3 Å². The molecular weight excluding hydrogens is 544 g/mol. The maximum atomic E-state index is 13.6. The van der Waals surface area contributed by atoms with Crippen molar-refractivity contribution in [3.8, 4) is 10.4 Å². The molecule has 216 valence electrons. The van der Waals surface area contributed by atoms with Gasteiger partial charge in [-0.25, -0.2) is 26.9 Å². The second-order valence-corrected chi connectivity index (χ2v) is 15.5. The van der Waals surface area contributed by atoms with Crippen molar-refractivity contribution < 1.29 is 26.7 Å². The SMILES string of the molecule is CC(C)(C)NS(=O)(=O)c1ccc(-c2sc(C(=O)NC3CCOCC3)nc2CC2CC(F)(F)C2)cc1C(C)(C)C. The van der Waals surface area contributed by atoms with Crippen molar-refractivity contribution in [2.45, 2.75) is 101 Å². The number of halogens is 2. The summed E-state index contributed by atoms with van der Waals surface area (Å²) in [5.74, 6) is -3.16. The molecule has 1 aromatic heterocycles. The van der Waals surface area contributed by atoms with Gasteiger partial charge in [-0.3, -0.25) is 4.79 Å². The number of carbonyl (C=O) groups is 1. The summed E-state index contributed by atoms with van der Waals surface area (Å²) in [6.07, 6.45) is 1.39. The van der Waals surface area contributed by atoms with Gasteiger partial charge in [-0.05, 0) is 74.6 Å². The first kappa shape index (κ1) is 30.0. The molecular formula is C28H39F2N3O4S2. The Balaban J connectivity index is 1.73. The van der Waals surface area contributed by atoms with Crippen LogP contribution in [0.4, 0.5) is 8.78 Å². The number of benzene rings is 1. The summed E-state index contributed by atoms with van der Waals surface area (Å²) >= 11 is 1.22. The molecule has 2 N–H and O–H groups in total. The maximum Gasteiger partial charge on any atom is 0.280 e. The molecule has 0 spiro atoms. The molecule has 0 atom stereocenters. The van der Waals surface area contributed by atoms with E-state index in [0.717, 1.165) is 18.4 Å². The number of hydrogen-bond donors (Lipinski definition) is 2. The summed E-state index contributed by atoms with van der Waals surface area (Å²) in [5.41, 5.74) is 0.774. The first-order chi connectivity index (χ1) is 17.9. The van der Waals surface area contributed by atoms with Gasteiger partial charge in [0.1, 0.15) is 0 Å². The molecule has 2 aliphatic rings. The number of ether oxygens (including phenoxy) is 1. The molecule has 2 fully saturated rings. The van der Waals surface area contributed by atoms with Crippen LogP contribution in [0.2, 0.25) is 0 Å². The van der Waals surface area contributed by atoms with Gasteiger partial charge in [-0.2, -0.15) is 0 Å². The molecule has 2 heterocycles. The minimum Gasteiger partial charge on any atom is -0.381 e. The van der Waals surface area contributed by atoms with Crippen LogP contribution in [-0.4, -0.2) is 50.0 Å². The van der Waals surface area contributed by atoms with Crippen LogP contribution >= 0.6 is 11.3 Å². The fraction of sp³-hybridized carbons (Fsp3) is 0.643. The molecule has 1 aliphatic heterocycles. The highest BCUT2D eigenvalue weighted by molar-refractivity contribution is 7.89. The highest BCUT2D eigenvalue weighted by Crippen LogP contribution is 2.45. The first-order valence-electron chi connectivity index (χ1n) is 13.4. The second-order valence-electron chi connectivity index (χ2n) is 12.8. The van der Waals surface area contributed by atoms with Gasteiger partial charge in [0.05, 0.1) is 15.5 Å². The van der Waals surface area contributed by atoms with Gasteiger partial charge in [-0.15, -0.1) is 11.3 Å². The Labute approximate surface area is 234 Å². The number of rotatable bonds is 7. The number of aromatic nitrogens is 1. The van der Waals surface area contributed by atoms with Crippen molar-refractivity contribution in [3.05, 3.63) is 34.5 Å². The lowest BCUT2D eigenvalue weighted by atomic mass is 9.78. The van der Waals surface area contributed by atoms with Crippen LogP contribution in [0.25, 0.3) is 10.4 Å². The molecule has 7 nitrogen and oxygen atoms in total. The number of hydrogen-bond acceptors (Lipinski definition) is 6.